The molecule has 0 aliphatic rings. The molecule has 0 saturated heterocycles. The molecular formula is C15H18FN3O4. The summed E-state index contributed by atoms with van der Waals surface area (Å²) in [5, 5.41) is 3.77. The van der Waals surface area contributed by atoms with Gasteiger partial charge < -0.3 is 18.9 Å². The van der Waals surface area contributed by atoms with Crippen molar-refractivity contribution in [2.75, 3.05) is 21.3 Å². The molecule has 0 unspecified atom stereocenters. The van der Waals surface area contributed by atoms with Crippen LogP contribution in [0.4, 0.5) is 4.39 Å². The topological polar surface area (TPSA) is 77.7 Å². The lowest BCUT2D eigenvalue weighted by atomic mass is 10.2. The van der Waals surface area contributed by atoms with Crippen LogP contribution >= 0.6 is 0 Å². The average Bonchev–Trinajstić information content (AvgIpc) is 3.01. The molecule has 0 aliphatic carbocycles. The second-order valence-electron chi connectivity index (χ2n) is 4.93. The minimum atomic E-state index is -0.652. The first kappa shape index (κ1) is 16.9. The maximum absolute atomic E-state index is 13.9. The van der Waals surface area contributed by atoms with Crippen molar-refractivity contribution in [3.63, 3.8) is 0 Å². The number of hydrogen-bond donors (Lipinski definition) is 0. The molecule has 2 rings (SSSR count). The number of aromatic nitrogens is 2. The highest BCUT2D eigenvalue weighted by Crippen LogP contribution is 2.18. The minimum absolute atomic E-state index is 0.0571. The summed E-state index contributed by atoms with van der Waals surface area (Å²) in [6.07, 6.45) is -0.312. The third-order valence-electron chi connectivity index (χ3n) is 3.33. The predicted molar refractivity (Wildman–Crippen MR) is 78.5 cm³/mol. The summed E-state index contributed by atoms with van der Waals surface area (Å²) in [6, 6.07) is 4.06. The highest BCUT2D eigenvalue weighted by Gasteiger charge is 2.20. The second kappa shape index (κ2) is 7.19. The fourth-order valence-corrected chi connectivity index (χ4v) is 1.88. The van der Waals surface area contributed by atoms with Crippen LogP contribution in [0.1, 0.15) is 35.1 Å². The quantitative estimate of drug-likeness (QED) is 0.811. The maximum atomic E-state index is 13.9. The van der Waals surface area contributed by atoms with Gasteiger partial charge in [-0.05, 0) is 19.1 Å². The maximum Gasteiger partial charge on any atom is 0.257 e. The molecule has 1 aromatic heterocycles. The van der Waals surface area contributed by atoms with Crippen LogP contribution in [0, 0.1) is 5.82 Å². The van der Waals surface area contributed by atoms with Crippen LogP contribution in [0.15, 0.2) is 22.7 Å². The lowest BCUT2D eigenvalue weighted by Crippen LogP contribution is -2.27. The molecule has 8 heteroatoms. The van der Waals surface area contributed by atoms with Crippen LogP contribution < -0.4 is 4.74 Å². The molecule has 1 aromatic carbocycles. The summed E-state index contributed by atoms with van der Waals surface area (Å²) >= 11 is 0. The number of benzene rings is 1. The standard InChI is InChI=1S/C15H18FN3O4/c1-9(21-3)14-17-13(23-18-14)8-19(2)15(20)11-6-5-10(22-4)7-12(11)16/h5-7,9H,8H2,1-4H3/t9-/m1/s1. The Morgan fingerprint density at radius 3 is 2.78 bits per heavy atom. The molecule has 0 saturated carbocycles. The Hall–Kier alpha value is -2.48. The van der Waals surface area contributed by atoms with E-state index in [1.807, 2.05) is 0 Å². The van der Waals surface area contributed by atoms with Crippen LogP contribution in [-0.4, -0.2) is 42.2 Å². The largest absolute Gasteiger partial charge is 0.497 e. The summed E-state index contributed by atoms with van der Waals surface area (Å²) in [6.45, 7) is 1.84. The number of amides is 1. The minimum Gasteiger partial charge on any atom is -0.497 e. The molecular weight excluding hydrogens is 305 g/mol. The van der Waals surface area contributed by atoms with E-state index in [-0.39, 0.29) is 24.1 Å². The van der Waals surface area contributed by atoms with Crippen molar-refractivity contribution < 1.29 is 23.2 Å². The van der Waals surface area contributed by atoms with Crippen LogP contribution in [0.5, 0.6) is 5.75 Å². The summed E-state index contributed by atoms with van der Waals surface area (Å²) in [5.74, 6) is -0.172. The lowest BCUT2D eigenvalue weighted by Gasteiger charge is -2.15. The van der Waals surface area contributed by atoms with E-state index < -0.39 is 11.7 Å². The summed E-state index contributed by atoms with van der Waals surface area (Å²) < 4.78 is 29.0. The summed E-state index contributed by atoms with van der Waals surface area (Å²) in [7, 11) is 4.48. The highest BCUT2D eigenvalue weighted by molar-refractivity contribution is 5.94. The third-order valence-corrected chi connectivity index (χ3v) is 3.33. The van der Waals surface area contributed by atoms with Crippen molar-refractivity contribution >= 4 is 5.91 Å². The first-order valence-electron chi connectivity index (χ1n) is 6.90. The van der Waals surface area contributed by atoms with Crippen molar-refractivity contribution in [3.8, 4) is 5.75 Å². The average molecular weight is 323 g/mol. The molecule has 0 bridgehead atoms. The SMILES string of the molecule is COc1ccc(C(=O)N(C)Cc2nc([C@@H](C)OC)no2)c(F)c1. The van der Waals surface area contributed by atoms with E-state index in [2.05, 4.69) is 10.1 Å². The lowest BCUT2D eigenvalue weighted by molar-refractivity contribution is 0.0764. The highest BCUT2D eigenvalue weighted by atomic mass is 19.1. The number of carbonyl (C=O) groups excluding carboxylic acids is 1. The molecule has 7 nitrogen and oxygen atoms in total. The van der Waals surface area contributed by atoms with Gasteiger partial charge in [0.05, 0.1) is 19.2 Å². The van der Waals surface area contributed by atoms with Crippen molar-refractivity contribution in [1.29, 1.82) is 0 Å². The molecule has 1 heterocycles. The van der Waals surface area contributed by atoms with Gasteiger partial charge in [-0.25, -0.2) is 4.39 Å². The van der Waals surface area contributed by atoms with Gasteiger partial charge in [0.2, 0.25) is 5.89 Å². The number of nitrogens with zero attached hydrogens (tertiary/aromatic N) is 3. The molecule has 0 spiro atoms. The molecule has 0 aliphatic heterocycles. The Bertz CT molecular complexity index is 689. The normalized spacial score (nSPS) is 12.0. The second-order valence-corrected chi connectivity index (χ2v) is 4.93. The van der Waals surface area contributed by atoms with Crippen molar-refractivity contribution in [2.24, 2.45) is 0 Å². The number of hydrogen-bond acceptors (Lipinski definition) is 6. The van der Waals surface area contributed by atoms with Crippen molar-refractivity contribution in [3.05, 3.63) is 41.3 Å². The fourth-order valence-electron chi connectivity index (χ4n) is 1.88. The van der Waals surface area contributed by atoms with Gasteiger partial charge in [0.1, 0.15) is 17.7 Å². The Balaban J connectivity index is 2.09. The zero-order valence-corrected chi connectivity index (χ0v) is 13.4. The molecule has 1 amide bonds. The van der Waals surface area contributed by atoms with Gasteiger partial charge in [-0.2, -0.15) is 4.98 Å². The van der Waals surface area contributed by atoms with E-state index in [9.17, 15) is 9.18 Å². The third kappa shape index (κ3) is 3.84. The monoisotopic (exact) mass is 323 g/mol. The smallest absolute Gasteiger partial charge is 0.257 e. The molecule has 23 heavy (non-hydrogen) atoms. The molecule has 0 N–H and O–H groups in total. The Morgan fingerprint density at radius 2 is 2.17 bits per heavy atom. The Kier molecular flexibility index (Phi) is 5.28. The van der Waals surface area contributed by atoms with Crippen molar-refractivity contribution in [2.45, 2.75) is 19.6 Å². The summed E-state index contributed by atoms with van der Waals surface area (Å²) in [4.78, 5) is 17.7. The Labute approximate surface area is 133 Å². The molecule has 2 aromatic rings. The molecule has 1 atom stereocenters. The van der Waals surface area contributed by atoms with E-state index in [1.54, 1.807) is 6.92 Å². The van der Waals surface area contributed by atoms with Gasteiger partial charge in [-0.1, -0.05) is 5.16 Å². The van der Waals surface area contributed by atoms with Crippen LogP contribution in [0.2, 0.25) is 0 Å². The first-order chi connectivity index (χ1) is 11.0. The van der Waals surface area contributed by atoms with E-state index in [0.717, 1.165) is 6.07 Å². The molecule has 0 radical (unpaired) electrons. The van der Waals surface area contributed by atoms with Crippen LogP contribution in [0.3, 0.4) is 0 Å². The van der Waals surface area contributed by atoms with E-state index >= 15 is 0 Å². The van der Waals surface area contributed by atoms with Gasteiger partial charge >= 0.3 is 0 Å². The van der Waals surface area contributed by atoms with Gasteiger partial charge in [0, 0.05) is 20.2 Å². The van der Waals surface area contributed by atoms with Crippen LogP contribution in [0.25, 0.3) is 0 Å². The number of carbonyl (C=O) groups is 1. The van der Waals surface area contributed by atoms with Crippen LogP contribution in [-0.2, 0) is 11.3 Å². The van der Waals surface area contributed by atoms with E-state index in [1.165, 1.54) is 38.3 Å². The first-order valence-corrected chi connectivity index (χ1v) is 6.90. The van der Waals surface area contributed by atoms with E-state index in [4.69, 9.17) is 14.0 Å². The Morgan fingerprint density at radius 1 is 1.43 bits per heavy atom. The van der Waals surface area contributed by atoms with Gasteiger partial charge in [0.15, 0.2) is 5.82 Å². The number of rotatable bonds is 6. The van der Waals surface area contributed by atoms with Gasteiger partial charge in [-0.3, -0.25) is 4.79 Å². The van der Waals surface area contributed by atoms with Crippen molar-refractivity contribution in [1.82, 2.24) is 15.0 Å². The number of ether oxygens (including phenoxy) is 2. The zero-order valence-electron chi connectivity index (χ0n) is 13.4. The summed E-state index contributed by atoms with van der Waals surface area (Å²) in [5.41, 5.74) is -0.0571. The van der Waals surface area contributed by atoms with E-state index in [0.29, 0.717) is 11.6 Å². The zero-order chi connectivity index (χ0) is 17.0. The number of halogens is 1. The van der Waals surface area contributed by atoms with Gasteiger partial charge in [-0.15, -0.1) is 0 Å². The molecule has 124 valence electrons. The number of methoxy groups -OCH3 is 2. The van der Waals surface area contributed by atoms with Gasteiger partial charge in [0.25, 0.3) is 5.91 Å². The molecule has 0 fully saturated rings. The predicted octanol–water partition coefficient (Wildman–Crippen LogP) is 2.20. The fraction of sp³-hybridized carbons (Fsp3) is 0.400.